The molecule has 3 N–H and O–H groups in total. The lowest BCUT2D eigenvalue weighted by molar-refractivity contribution is 0.0687. The Balaban J connectivity index is 3.11. The van der Waals surface area contributed by atoms with Crippen molar-refractivity contribution in [3.63, 3.8) is 0 Å². The van der Waals surface area contributed by atoms with Gasteiger partial charge in [-0.3, -0.25) is 0 Å². The van der Waals surface area contributed by atoms with E-state index in [1.807, 2.05) is 6.92 Å². The van der Waals surface area contributed by atoms with E-state index in [9.17, 15) is 20.1 Å². The van der Waals surface area contributed by atoms with Crippen molar-refractivity contribution >= 4 is 5.97 Å². The zero-order valence-corrected chi connectivity index (χ0v) is 20.0. The van der Waals surface area contributed by atoms with Crippen molar-refractivity contribution in [3.05, 3.63) is 16.7 Å². The standard InChI is InChI=1S/C26H44O5/c1-4-7-9-11-13-15-17-20-21(18-16-14-12-10-8-5-2)25(31-19-6-3)22(26(29)30)24(28)23(20)27/h27-28H,4-19H2,1-3H3,(H,29,30). The maximum absolute atomic E-state index is 11.9. The van der Waals surface area contributed by atoms with Crippen LogP contribution in [0.3, 0.4) is 0 Å². The first-order chi connectivity index (χ1) is 15.0. The zero-order chi connectivity index (χ0) is 23.1. The van der Waals surface area contributed by atoms with E-state index in [1.54, 1.807) is 0 Å². The molecule has 1 rings (SSSR count). The summed E-state index contributed by atoms with van der Waals surface area (Å²) in [6.07, 6.45) is 15.6. The van der Waals surface area contributed by atoms with Gasteiger partial charge in [0.05, 0.1) is 6.61 Å². The van der Waals surface area contributed by atoms with E-state index in [0.29, 0.717) is 25.0 Å². The molecule has 0 unspecified atom stereocenters. The first-order valence-electron chi connectivity index (χ1n) is 12.4. The lowest BCUT2D eigenvalue weighted by Crippen LogP contribution is -2.10. The van der Waals surface area contributed by atoms with Gasteiger partial charge in [-0.15, -0.1) is 0 Å². The van der Waals surface area contributed by atoms with Crippen molar-refractivity contribution in [1.29, 1.82) is 0 Å². The van der Waals surface area contributed by atoms with Crippen LogP contribution in [0.5, 0.6) is 17.2 Å². The van der Waals surface area contributed by atoms with Crippen LogP contribution in [0, 0.1) is 0 Å². The Morgan fingerprint density at radius 1 is 0.677 bits per heavy atom. The Morgan fingerprint density at radius 3 is 1.65 bits per heavy atom. The average molecular weight is 437 g/mol. The van der Waals surface area contributed by atoms with Gasteiger partial charge < -0.3 is 20.1 Å². The molecule has 31 heavy (non-hydrogen) atoms. The normalized spacial score (nSPS) is 11.1. The Hall–Kier alpha value is -1.91. The summed E-state index contributed by atoms with van der Waals surface area (Å²) in [4.78, 5) is 11.9. The summed E-state index contributed by atoms with van der Waals surface area (Å²) in [6.45, 7) is 6.73. The van der Waals surface area contributed by atoms with Crippen LogP contribution >= 0.6 is 0 Å². The molecule has 0 aliphatic carbocycles. The summed E-state index contributed by atoms with van der Waals surface area (Å²) in [5, 5.41) is 30.9. The molecule has 1 aromatic carbocycles. The number of unbranched alkanes of at least 4 members (excludes halogenated alkanes) is 10. The molecule has 0 heterocycles. The van der Waals surface area contributed by atoms with Crippen LogP contribution < -0.4 is 4.74 Å². The number of rotatable bonds is 18. The van der Waals surface area contributed by atoms with Gasteiger partial charge in [0.1, 0.15) is 11.3 Å². The fourth-order valence-corrected chi connectivity index (χ4v) is 4.06. The number of carbonyl (C=O) groups is 1. The molecule has 0 fully saturated rings. The lowest BCUT2D eigenvalue weighted by Gasteiger charge is -2.21. The van der Waals surface area contributed by atoms with Gasteiger partial charge in [0.15, 0.2) is 11.5 Å². The van der Waals surface area contributed by atoms with Gasteiger partial charge in [0.2, 0.25) is 0 Å². The highest BCUT2D eigenvalue weighted by Crippen LogP contribution is 2.44. The molecule has 0 atom stereocenters. The predicted octanol–water partition coefficient (Wildman–Crippen LogP) is 7.39. The maximum atomic E-state index is 11.9. The van der Waals surface area contributed by atoms with E-state index in [0.717, 1.165) is 50.5 Å². The molecule has 178 valence electrons. The quantitative estimate of drug-likeness (QED) is 0.165. The first kappa shape index (κ1) is 27.1. The molecular weight excluding hydrogens is 392 g/mol. The highest BCUT2D eigenvalue weighted by molar-refractivity contribution is 5.96. The van der Waals surface area contributed by atoms with Crippen LogP contribution in [0.2, 0.25) is 0 Å². The first-order valence-corrected chi connectivity index (χ1v) is 12.4. The van der Waals surface area contributed by atoms with Crippen molar-refractivity contribution < 1.29 is 24.9 Å². The van der Waals surface area contributed by atoms with Gasteiger partial charge in [0.25, 0.3) is 0 Å². The predicted molar refractivity (Wildman–Crippen MR) is 127 cm³/mol. The number of carboxylic acids is 1. The molecule has 0 aromatic heterocycles. The van der Waals surface area contributed by atoms with Crippen molar-refractivity contribution in [2.24, 2.45) is 0 Å². The van der Waals surface area contributed by atoms with Crippen LogP contribution in [-0.2, 0) is 12.8 Å². The Morgan fingerprint density at radius 2 is 1.16 bits per heavy atom. The molecule has 0 spiro atoms. The van der Waals surface area contributed by atoms with Crippen molar-refractivity contribution in [2.75, 3.05) is 6.61 Å². The van der Waals surface area contributed by atoms with Crippen molar-refractivity contribution in [2.45, 2.75) is 117 Å². The molecule has 5 nitrogen and oxygen atoms in total. The number of phenolic OH excluding ortho intramolecular Hbond substituents is 1. The minimum atomic E-state index is -1.27. The van der Waals surface area contributed by atoms with Crippen LogP contribution in [0.15, 0.2) is 0 Å². The van der Waals surface area contributed by atoms with Crippen molar-refractivity contribution in [3.8, 4) is 17.2 Å². The number of aromatic carboxylic acids is 1. The molecule has 5 heteroatoms. The van der Waals surface area contributed by atoms with E-state index in [2.05, 4.69) is 13.8 Å². The van der Waals surface area contributed by atoms with Gasteiger partial charge in [-0.1, -0.05) is 85.0 Å². The van der Waals surface area contributed by atoms with Gasteiger partial charge in [-0.25, -0.2) is 4.79 Å². The Labute approximate surface area is 188 Å². The summed E-state index contributed by atoms with van der Waals surface area (Å²) >= 11 is 0. The number of carboxylic acid groups (broad SMARTS) is 1. The number of hydrogen-bond donors (Lipinski definition) is 3. The van der Waals surface area contributed by atoms with Gasteiger partial charge in [-0.2, -0.15) is 0 Å². The van der Waals surface area contributed by atoms with E-state index in [4.69, 9.17) is 4.74 Å². The van der Waals surface area contributed by atoms with E-state index in [-0.39, 0.29) is 17.1 Å². The van der Waals surface area contributed by atoms with Crippen molar-refractivity contribution in [1.82, 2.24) is 0 Å². The summed E-state index contributed by atoms with van der Waals surface area (Å²) in [5.41, 5.74) is 1.13. The third-order valence-electron chi connectivity index (χ3n) is 5.84. The third-order valence-corrected chi connectivity index (χ3v) is 5.84. The monoisotopic (exact) mass is 436 g/mol. The summed E-state index contributed by atoms with van der Waals surface area (Å²) < 4.78 is 5.86. The topological polar surface area (TPSA) is 87.0 Å². The maximum Gasteiger partial charge on any atom is 0.343 e. The SMILES string of the molecule is CCCCCCCCc1c(O)c(O)c(C(=O)O)c(OCCC)c1CCCCCCCC. The molecule has 1 aromatic rings. The molecule has 0 saturated carbocycles. The summed E-state index contributed by atoms with van der Waals surface area (Å²) in [6, 6.07) is 0. The highest BCUT2D eigenvalue weighted by Gasteiger charge is 2.28. The van der Waals surface area contributed by atoms with Gasteiger partial charge in [-0.05, 0) is 32.1 Å². The average Bonchev–Trinajstić information content (AvgIpc) is 2.75. The summed E-state index contributed by atoms with van der Waals surface area (Å²) in [7, 11) is 0. The smallest absolute Gasteiger partial charge is 0.343 e. The number of aromatic hydroxyl groups is 2. The molecule has 0 aliphatic heterocycles. The second-order valence-corrected chi connectivity index (χ2v) is 8.55. The van der Waals surface area contributed by atoms with Crippen LogP contribution in [0.25, 0.3) is 0 Å². The second-order valence-electron chi connectivity index (χ2n) is 8.55. The summed E-state index contributed by atoms with van der Waals surface area (Å²) in [5.74, 6) is -1.87. The van der Waals surface area contributed by atoms with Crippen LogP contribution in [-0.4, -0.2) is 27.9 Å². The third kappa shape index (κ3) is 9.00. The lowest BCUT2D eigenvalue weighted by atomic mass is 9.91. The fraction of sp³-hybridized carbons (Fsp3) is 0.731. The minimum Gasteiger partial charge on any atom is -0.504 e. The fourth-order valence-electron chi connectivity index (χ4n) is 4.06. The van der Waals surface area contributed by atoms with E-state index in [1.165, 1.54) is 38.5 Å². The minimum absolute atomic E-state index is 0.249. The zero-order valence-electron chi connectivity index (χ0n) is 20.0. The molecule has 0 saturated heterocycles. The van der Waals surface area contributed by atoms with Gasteiger partial charge >= 0.3 is 5.97 Å². The largest absolute Gasteiger partial charge is 0.504 e. The Kier molecular flexibility index (Phi) is 13.8. The number of benzene rings is 1. The number of phenols is 2. The highest BCUT2D eigenvalue weighted by atomic mass is 16.5. The van der Waals surface area contributed by atoms with E-state index < -0.39 is 11.7 Å². The molecular formula is C26H44O5. The van der Waals surface area contributed by atoms with Gasteiger partial charge in [0, 0.05) is 11.1 Å². The molecule has 0 bridgehead atoms. The van der Waals surface area contributed by atoms with E-state index >= 15 is 0 Å². The number of hydrogen-bond acceptors (Lipinski definition) is 4. The Bertz CT molecular complexity index is 654. The molecule has 0 radical (unpaired) electrons. The number of ether oxygens (including phenoxy) is 1. The van der Waals surface area contributed by atoms with Crippen LogP contribution in [0.1, 0.15) is 126 Å². The molecule has 0 aliphatic rings. The van der Waals surface area contributed by atoms with Crippen LogP contribution in [0.4, 0.5) is 0 Å². The molecule has 0 amide bonds. The second kappa shape index (κ2) is 15.8.